The van der Waals surface area contributed by atoms with Crippen LogP contribution in [0.25, 0.3) is 0 Å². The molecule has 5 nitrogen and oxygen atoms in total. The number of nitrogens with zero attached hydrogens (tertiary/aromatic N) is 2. The molecule has 0 unspecified atom stereocenters. The second-order valence-corrected chi connectivity index (χ2v) is 4.83. The first-order valence-electron chi connectivity index (χ1n) is 6.84. The molecule has 1 aromatic carbocycles. The van der Waals surface area contributed by atoms with Gasteiger partial charge in [0.05, 0.1) is 13.5 Å². The number of carbonyl (C=O) groups excluding carboxylic acids is 2. The molecular weight excluding hydrogens is 256 g/mol. The molecule has 1 fully saturated rings. The molecule has 2 rings (SSSR count). The molecule has 1 amide bonds. The summed E-state index contributed by atoms with van der Waals surface area (Å²) in [6.07, 6.45) is 0.406. The van der Waals surface area contributed by atoms with Gasteiger partial charge in [-0.25, -0.2) is 0 Å². The second-order valence-electron chi connectivity index (χ2n) is 4.83. The minimum Gasteiger partial charge on any atom is -0.469 e. The number of carbonyl (C=O) groups is 2. The number of benzene rings is 1. The molecule has 1 aromatic rings. The maximum atomic E-state index is 12.3. The van der Waals surface area contributed by atoms with E-state index in [9.17, 15) is 9.59 Å². The quantitative estimate of drug-likeness (QED) is 0.770. The third-order valence-electron chi connectivity index (χ3n) is 3.54. The van der Waals surface area contributed by atoms with Crippen LogP contribution in [-0.2, 0) is 9.53 Å². The summed E-state index contributed by atoms with van der Waals surface area (Å²) in [7, 11) is 1.40. The summed E-state index contributed by atoms with van der Waals surface area (Å²) >= 11 is 0. The van der Waals surface area contributed by atoms with Gasteiger partial charge in [0, 0.05) is 38.3 Å². The van der Waals surface area contributed by atoms with E-state index in [2.05, 4.69) is 9.64 Å². The molecular formula is C15H20N2O3. The van der Waals surface area contributed by atoms with Gasteiger partial charge in [-0.2, -0.15) is 0 Å². The van der Waals surface area contributed by atoms with E-state index in [0.717, 1.165) is 18.7 Å². The average molecular weight is 276 g/mol. The number of hydrogen-bond donors (Lipinski definition) is 0. The Labute approximate surface area is 119 Å². The Morgan fingerprint density at radius 2 is 1.75 bits per heavy atom. The molecule has 0 spiro atoms. The van der Waals surface area contributed by atoms with Gasteiger partial charge in [-0.3, -0.25) is 14.5 Å². The summed E-state index contributed by atoms with van der Waals surface area (Å²) < 4.78 is 4.63. The first kappa shape index (κ1) is 14.5. The van der Waals surface area contributed by atoms with Crippen LogP contribution in [-0.4, -0.2) is 61.5 Å². The van der Waals surface area contributed by atoms with Gasteiger partial charge in [0.15, 0.2) is 0 Å². The smallest absolute Gasteiger partial charge is 0.306 e. The summed E-state index contributed by atoms with van der Waals surface area (Å²) in [4.78, 5) is 27.4. The summed E-state index contributed by atoms with van der Waals surface area (Å²) in [6.45, 7) is 3.70. The van der Waals surface area contributed by atoms with Gasteiger partial charge in [0.1, 0.15) is 0 Å². The molecule has 5 heteroatoms. The number of esters is 1. The van der Waals surface area contributed by atoms with Crippen molar-refractivity contribution in [1.82, 2.24) is 9.80 Å². The lowest BCUT2D eigenvalue weighted by atomic mass is 10.2. The summed E-state index contributed by atoms with van der Waals surface area (Å²) in [5.74, 6) is -0.106. The molecule has 0 aliphatic carbocycles. The Morgan fingerprint density at radius 3 is 2.35 bits per heavy atom. The molecule has 1 heterocycles. The van der Waals surface area contributed by atoms with Gasteiger partial charge in [0.25, 0.3) is 5.91 Å². The van der Waals surface area contributed by atoms with E-state index in [1.807, 2.05) is 35.2 Å². The minimum atomic E-state index is -0.187. The van der Waals surface area contributed by atoms with Crippen LogP contribution in [0.5, 0.6) is 0 Å². The van der Waals surface area contributed by atoms with Crippen molar-refractivity contribution in [3.8, 4) is 0 Å². The van der Waals surface area contributed by atoms with Gasteiger partial charge in [-0.1, -0.05) is 18.2 Å². The van der Waals surface area contributed by atoms with E-state index < -0.39 is 0 Å². The molecule has 1 aliphatic heterocycles. The topological polar surface area (TPSA) is 49.9 Å². The number of piperazine rings is 1. The molecule has 108 valence electrons. The third kappa shape index (κ3) is 3.81. The number of amides is 1. The molecule has 1 aliphatic rings. The van der Waals surface area contributed by atoms with Crippen LogP contribution in [0.1, 0.15) is 16.8 Å². The van der Waals surface area contributed by atoms with Gasteiger partial charge in [-0.05, 0) is 12.1 Å². The first-order valence-corrected chi connectivity index (χ1v) is 6.84. The molecule has 0 N–H and O–H groups in total. The molecule has 0 aromatic heterocycles. The summed E-state index contributed by atoms with van der Waals surface area (Å²) in [6, 6.07) is 9.33. The SMILES string of the molecule is COC(=O)CCN1CCN(C(=O)c2ccccc2)CC1. The fourth-order valence-corrected chi connectivity index (χ4v) is 2.29. The lowest BCUT2D eigenvalue weighted by Crippen LogP contribution is -2.49. The van der Waals surface area contributed by atoms with Gasteiger partial charge < -0.3 is 9.64 Å². The fraction of sp³-hybridized carbons (Fsp3) is 0.467. The Morgan fingerprint density at radius 1 is 1.10 bits per heavy atom. The van der Waals surface area contributed by atoms with Crippen molar-refractivity contribution in [2.24, 2.45) is 0 Å². The van der Waals surface area contributed by atoms with E-state index in [-0.39, 0.29) is 11.9 Å². The molecule has 0 saturated carbocycles. The Bertz CT molecular complexity index is 453. The van der Waals surface area contributed by atoms with Crippen LogP contribution in [0.3, 0.4) is 0 Å². The summed E-state index contributed by atoms with van der Waals surface area (Å²) in [5.41, 5.74) is 0.732. The lowest BCUT2D eigenvalue weighted by Gasteiger charge is -2.34. The number of hydrogen-bond acceptors (Lipinski definition) is 4. The van der Waals surface area contributed by atoms with E-state index in [0.29, 0.717) is 26.1 Å². The molecule has 0 radical (unpaired) electrons. The van der Waals surface area contributed by atoms with Crippen LogP contribution in [0, 0.1) is 0 Å². The van der Waals surface area contributed by atoms with Gasteiger partial charge in [-0.15, -0.1) is 0 Å². The number of rotatable bonds is 4. The fourth-order valence-electron chi connectivity index (χ4n) is 2.29. The zero-order valence-corrected chi connectivity index (χ0v) is 11.7. The number of methoxy groups -OCH3 is 1. The van der Waals surface area contributed by atoms with Crippen LogP contribution in [0.15, 0.2) is 30.3 Å². The van der Waals surface area contributed by atoms with Crippen molar-refractivity contribution in [1.29, 1.82) is 0 Å². The summed E-state index contributed by atoms with van der Waals surface area (Å²) in [5, 5.41) is 0. The normalized spacial score (nSPS) is 15.9. The van der Waals surface area contributed by atoms with Crippen molar-refractivity contribution in [2.75, 3.05) is 39.8 Å². The predicted octanol–water partition coefficient (Wildman–Crippen LogP) is 1.01. The van der Waals surface area contributed by atoms with Crippen molar-refractivity contribution in [2.45, 2.75) is 6.42 Å². The number of ether oxygens (including phenoxy) is 1. The maximum absolute atomic E-state index is 12.3. The molecule has 20 heavy (non-hydrogen) atoms. The zero-order valence-electron chi connectivity index (χ0n) is 11.7. The minimum absolute atomic E-state index is 0.0817. The monoisotopic (exact) mass is 276 g/mol. The maximum Gasteiger partial charge on any atom is 0.306 e. The average Bonchev–Trinajstić information content (AvgIpc) is 2.53. The van der Waals surface area contributed by atoms with Crippen LogP contribution >= 0.6 is 0 Å². The highest BCUT2D eigenvalue weighted by atomic mass is 16.5. The standard InChI is InChI=1S/C15H20N2O3/c1-20-14(18)7-8-16-9-11-17(12-10-16)15(19)13-5-3-2-4-6-13/h2-6H,7-12H2,1H3. The highest BCUT2D eigenvalue weighted by molar-refractivity contribution is 5.94. The van der Waals surface area contributed by atoms with Crippen LogP contribution < -0.4 is 0 Å². The first-order chi connectivity index (χ1) is 9.70. The highest BCUT2D eigenvalue weighted by Gasteiger charge is 2.22. The van der Waals surface area contributed by atoms with E-state index >= 15 is 0 Å². The Balaban J connectivity index is 1.79. The largest absolute Gasteiger partial charge is 0.469 e. The molecule has 0 atom stereocenters. The lowest BCUT2D eigenvalue weighted by molar-refractivity contribution is -0.141. The van der Waals surface area contributed by atoms with Crippen molar-refractivity contribution in [3.05, 3.63) is 35.9 Å². The highest BCUT2D eigenvalue weighted by Crippen LogP contribution is 2.09. The zero-order chi connectivity index (χ0) is 14.4. The molecule has 0 bridgehead atoms. The van der Waals surface area contributed by atoms with Gasteiger partial charge >= 0.3 is 5.97 Å². The van der Waals surface area contributed by atoms with E-state index in [1.165, 1.54) is 7.11 Å². The third-order valence-corrected chi connectivity index (χ3v) is 3.54. The van der Waals surface area contributed by atoms with Gasteiger partial charge in [0.2, 0.25) is 0 Å². The Hall–Kier alpha value is -1.88. The van der Waals surface area contributed by atoms with Crippen LogP contribution in [0.2, 0.25) is 0 Å². The predicted molar refractivity (Wildman–Crippen MR) is 75.4 cm³/mol. The molecule has 1 saturated heterocycles. The van der Waals surface area contributed by atoms with E-state index in [4.69, 9.17) is 0 Å². The Kier molecular flexibility index (Phi) is 5.12. The van der Waals surface area contributed by atoms with Crippen molar-refractivity contribution >= 4 is 11.9 Å². The van der Waals surface area contributed by atoms with Crippen molar-refractivity contribution in [3.63, 3.8) is 0 Å². The van der Waals surface area contributed by atoms with E-state index in [1.54, 1.807) is 0 Å². The van der Waals surface area contributed by atoms with Crippen LogP contribution in [0.4, 0.5) is 0 Å². The van der Waals surface area contributed by atoms with Crippen molar-refractivity contribution < 1.29 is 14.3 Å². The second kappa shape index (κ2) is 7.05.